The van der Waals surface area contributed by atoms with Gasteiger partial charge < -0.3 is 10.2 Å². The summed E-state index contributed by atoms with van der Waals surface area (Å²) in [5.41, 5.74) is 1.05. The Hall–Kier alpha value is -1.36. The van der Waals surface area contributed by atoms with Crippen LogP contribution in [0.25, 0.3) is 0 Å². The van der Waals surface area contributed by atoms with Crippen molar-refractivity contribution in [1.29, 1.82) is 0 Å². The van der Waals surface area contributed by atoms with Gasteiger partial charge in [-0.05, 0) is 32.8 Å². The standard InChI is InChI=1S/C12H18N2O3/c1-3-14-10(4-8(2)13-14)7-12(17)5-9(6-12)11(15)16/h4,9,17H,3,5-7H2,1-2H3,(H,15,16). The number of nitrogens with zero attached hydrogens (tertiary/aromatic N) is 2. The molecular weight excluding hydrogens is 220 g/mol. The highest BCUT2D eigenvalue weighted by atomic mass is 16.4. The van der Waals surface area contributed by atoms with E-state index < -0.39 is 11.6 Å². The van der Waals surface area contributed by atoms with Crippen molar-refractivity contribution < 1.29 is 15.0 Å². The second-order valence-electron chi connectivity index (χ2n) is 4.94. The van der Waals surface area contributed by atoms with Crippen molar-refractivity contribution >= 4 is 5.97 Å². The summed E-state index contributed by atoms with van der Waals surface area (Å²) in [6.07, 6.45) is 1.18. The highest BCUT2D eigenvalue weighted by Crippen LogP contribution is 2.40. The smallest absolute Gasteiger partial charge is 0.306 e. The molecule has 94 valence electrons. The van der Waals surface area contributed by atoms with Gasteiger partial charge in [0.1, 0.15) is 0 Å². The van der Waals surface area contributed by atoms with Crippen LogP contribution in [0.1, 0.15) is 31.2 Å². The van der Waals surface area contributed by atoms with Gasteiger partial charge in [0.15, 0.2) is 0 Å². The van der Waals surface area contributed by atoms with Gasteiger partial charge >= 0.3 is 5.97 Å². The molecule has 0 bridgehead atoms. The molecule has 0 unspecified atom stereocenters. The third kappa shape index (κ3) is 2.34. The zero-order valence-electron chi connectivity index (χ0n) is 10.2. The second kappa shape index (κ2) is 4.14. The molecule has 0 aliphatic heterocycles. The minimum absolute atomic E-state index is 0.344. The summed E-state index contributed by atoms with van der Waals surface area (Å²) < 4.78 is 1.86. The van der Waals surface area contributed by atoms with E-state index >= 15 is 0 Å². The van der Waals surface area contributed by atoms with E-state index in [1.165, 1.54) is 0 Å². The molecule has 5 nitrogen and oxygen atoms in total. The van der Waals surface area contributed by atoms with Crippen LogP contribution in [-0.4, -0.2) is 31.6 Å². The summed E-state index contributed by atoms with van der Waals surface area (Å²) in [4.78, 5) is 10.7. The lowest BCUT2D eigenvalue weighted by Gasteiger charge is -2.41. The third-order valence-corrected chi connectivity index (χ3v) is 3.40. The van der Waals surface area contributed by atoms with Crippen LogP contribution in [0.2, 0.25) is 0 Å². The van der Waals surface area contributed by atoms with Gasteiger partial charge in [0.2, 0.25) is 0 Å². The lowest BCUT2D eigenvalue weighted by atomic mass is 9.69. The summed E-state index contributed by atoms with van der Waals surface area (Å²) in [6, 6.07) is 1.95. The van der Waals surface area contributed by atoms with E-state index in [2.05, 4.69) is 5.10 Å². The molecule has 1 aromatic heterocycles. The van der Waals surface area contributed by atoms with E-state index in [1.807, 2.05) is 24.6 Å². The minimum atomic E-state index is -0.859. The highest BCUT2D eigenvalue weighted by molar-refractivity contribution is 5.71. The topological polar surface area (TPSA) is 75.3 Å². The van der Waals surface area contributed by atoms with Gasteiger partial charge in [-0.25, -0.2) is 0 Å². The Labute approximate surface area is 100 Å². The van der Waals surface area contributed by atoms with Gasteiger partial charge in [0.05, 0.1) is 17.2 Å². The quantitative estimate of drug-likeness (QED) is 0.820. The van der Waals surface area contributed by atoms with E-state index in [-0.39, 0.29) is 5.92 Å². The Balaban J connectivity index is 2.04. The average molecular weight is 238 g/mol. The van der Waals surface area contributed by atoms with Crippen molar-refractivity contribution in [3.05, 3.63) is 17.5 Å². The molecule has 0 aromatic carbocycles. The molecule has 1 aliphatic carbocycles. The van der Waals surface area contributed by atoms with Crippen LogP contribution < -0.4 is 0 Å². The number of carbonyl (C=O) groups is 1. The lowest BCUT2D eigenvalue weighted by molar-refractivity contribution is -0.158. The molecule has 2 N–H and O–H groups in total. The Morgan fingerprint density at radius 2 is 2.29 bits per heavy atom. The summed E-state index contributed by atoms with van der Waals surface area (Å²) >= 11 is 0. The predicted octanol–water partition coefficient (Wildman–Crippen LogP) is 0.980. The van der Waals surface area contributed by atoms with Gasteiger partial charge in [0, 0.05) is 18.7 Å². The molecule has 0 radical (unpaired) electrons. The molecule has 1 heterocycles. The third-order valence-electron chi connectivity index (χ3n) is 3.40. The normalized spacial score (nSPS) is 27.8. The van der Waals surface area contributed by atoms with E-state index in [1.54, 1.807) is 0 Å². The van der Waals surface area contributed by atoms with E-state index in [4.69, 9.17) is 5.11 Å². The van der Waals surface area contributed by atoms with Crippen LogP contribution in [0.15, 0.2) is 6.07 Å². The van der Waals surface area contributed by atoms with Crippen molar-refractivity contribution in [3.8, 4) is 0 Å². The first-order valence-corrected chi connectivity index (χ1v) is 5.92. The van der Waals surface area contributed by atoms with Gasteiger partial charge in [-0.3, -0.25) is 9.48 Å². The monoisotopic (exact) mass is 238 g/mol. The summed E-state index contributed by atoms with van der Waals surface area (Å²) in [5.74, 6) is -1.20. The minimum Gasteiger partial charge on any atom is -0.481 e. The van der Waals surface area contributed by atoms with E-state index in [0.717, 1.165) is 17.9 Å². The SMILES string of the molecule is CCn1nc(C)cc1CC1(O)CC(C(=O)O)C1. The Morgan fingerprint density at radius 3 is 2.82 bits per heavy atom. The van der Waals surface area contributed by atoms with Crippen LogP contribution in [0.5, 0.6) is 0 Å². The molecule has 5 heteroatoms. The first-order valence-electron chi connectivity index (χ1n) is 5.92. The summed E-state index contributed by atoms with van der Waals surface area (Å²) in [7, 11) is 0. The molecule has 1 aliphatic rings. The number of rotatable bonds is 4. The molecule has 1 aromatic rings. The maximum Gasteiger partial charge on any atom is 0.306 e. The van der Waals surface area contributed by atoms with E-state index in [0.29, 0.717) is 19.3 Å². The van der Waals surface area contributed by atoms with Gasteiger partial charge in [-0.2, -0.15) is 5.10 Å². The van der Waals surface area contributed by atoms with Crippen LogP contribution in [-0.2, 0) is 17.8 Å². The summed E-state index contributed by atoms with van der Waals surface area (Å²) in [5, 5.41) is 23.3. The molecular formula is C12H18N2O3. The first kappa shape index (κ1) is 12.1. The fourth-order valence-corrected chi connectivity index (χ4v) is 2.53. The maximum atomic E-state index is 10.7. The molecule has 0 amide bonds. The Morgan fingerprint density at radius 1 is 1.65 bits per heavy atom. The van der Waals surface area contributed by atoms with Crippen LogP contribution in [0, 0.1) is 12.8 Å². The predicted molar refractivity (Wildman–Crippen MR) is 61.7 cm³/mol. The largest absolute Gasteiger partial charge is 0.481 e. The number of aromatic nitrogens is 2. The Kier molecular flexibility index (Phi) is 2.95. The molecule has 1 saturated carbocycles. The first-order chi connectivity index (χ1) is 7.93. The van der Waals surface area contributed by atoms with Crippen LogP contribution in [0.4, 0.5) is 0 Å². The van der Waals surface area contributed by atoms with Crippen molar-refractivity contribution in [1.82, 2.24) is 9.78 Å². The number of carboxylic acid groups (broad SMARTS) is 1. The van der Waals surface area contributed by atoms with Crippen molar-refractivity contribution in [2.24, 2.45) is 5.92 Å². The number of aliphatic carboxylic acids is 1. The molecule has 17 heavy (non-hydrogen) atoms. The number of aryl methyl sites for hydroxylation is 2. The molecule has 0 spiro atoms. The zero-order chi connectivity index (χ0) is 12.6. The second-order valence-corrected chi connectivity index (χ2v) is 4.94. The van der Waals surface area contributed by atoms with Crippen LogP contribution in [0.3, 0.4) is 0 Å². The maximum absolute atomic E-state index is 10.7. The van der Waals surface area contributed by atoms with Gasteiger partial charge in [-0.15, -0.1) is 0 Å². The Bertz CT molecular complexity index is 433. The molecule has 0 saturated heterocycles. The van der Waals surface area contributed by atoms with Crippen molar-refractivity contribution in [3.63, 3.8) is 0 Å². The van der Waals surface area contributed by atoms with E-state index in [9.17, 15) is 9.90 Å². The molecule has 2 rings (SSSR count). The van der Waals surface area contributed by atoms with Gasteiger partial charge in [-0.1, -0.05) is 0 Å². The lowest BCUT2D eigenvalue weighted by Crippen LogP contribution is -2.48. The van der Waals surface area contributed by atoms with Crippen LogP contribution >= 0.6 is 0 Å². The number of aliphatic hydroxyl groups is 1. The van der Waals surface area contributed by atoms with Crippen molar-refractivity contribution in [2.75, 3.05) is 0 Å². The fraction of sp³-hybridized carbons (Fsp3) is 0.667. The number of hydrogen-bond donors (Lipinski definition) is 2. The fourth-order valence-electron chi connectivity index (χ4n) is 2.53. The molecule has 0 atom stereocenters. The summed E-state index contributed by atoms with van der Waals surface area (Å²) in [6.45, 7) is 4.68. The average Bonchev–Trinajstić information content (AvgIpc) is 2.54. The zero-order valence-corrected chi connectivity index (χ0v) is 10.2. The number of hydrogen-bond acceptors (Lipinski definition) is 3. The molecule has 1 fully saturated rings. The van der Waals surface area contributed by atoms with Gasteiger partial charge in [0.25, 0.3) is 0 Å². The highest BCUT2D eigenvalue weighted by Gasteiger charge is 2.46. The number of carboxylic acids is 1. The van der Waals surface area contributed by atoms with Crippen molar-refractivity contribution in [2.45, 2.75) is 45.3 Å².